The van der Waals surface area contributed by atoms with Gasteiger partial charge in [-0.2, -0.15) is 15.5 Å². The summed E-state index contributed by atoms with van der Waals surface area (Å²) in [7, 11) is 1.73. The molecule has 0 saturated carbocycles. The van der Waals surface area contributed by atoms with Crippen molar-refractivity contribution in [3.05, 3.63) is 81.7 Å². The fourth-order valence-electron chi connectivity index (χ4n) is 4.58. The van der Waals surface area contributed by atoms with Crippen LogP contribution in [0.3, 0.4) is 0 Å². The smallest absolute Gasteiger partial charge is 0.267 e. The van der Waals surface area contributed by atoms with Gasteiger partial charge in [-0.05, 0) is 42.0 Å². The number of halogens is 1. The lowest BCUT2D eigenvalue weighted by Crippen LogP contribution is -2.12. The van der Waals surface area contributed by atoms with Crippen molar-refractivity contribution in [2.45, 2.75) is 20.3 Å². The van der Waals surface area contributed by atoms with E-state index in [0.717, 1.165) is 22.2 Å². The number of nitrogens with one attached hydrogen (secondary N) is 1. The molecule has 2 aromatic heterocycles. The van der Waals surface area contributed by atoms with Gasteiger partial charge < -0.3 is 0 Å². The average Bonchev–Trinajstić information content (AvgIpc) is 3.18. The largest absolute Gasteiger partial charge is 0.272 e. The molecule has 0 aliphatic rings. The van der Waals surface area contributed by atoms with Crippen molar-refractivity contribution >= 4 is 21.5 Å². The highest BCUT2D eigenvalue weighted by atomic mass is 19.1. The lowest BCUT2D eigenvalue weighted by atomic mass is 9.92. The number of rotatable bonds is 3. The molecule has 6 nitrogen and oxygen atoms in total. The van der Waals surface area contributed by atoms with Gasteiger partial charge in [0.25, 0.3) is 5.56 Å². The van der Waals surface area contributed by atoms with Crippen molar-refractivity contribution in [3.63, 3.8) is 0 Å². The monoisotopic (exact) mass is 437 g/mol. The van der Waals surface area contributed by atoms with Crippen LogP contribution in [0.1, 0.15) is 23.7 Å². The quantitative estimate of drug-likeness (QED) is 0.429. The molecule has 0 aliphatic heterocycles. The van der Waals surface area contributed by atoms with Gasteiger partial charge in [-0.1, -0.05) is 37.3 Å². The van der Waals surface area contributed by atoms with Crippen molar-refractivity contribution < 1.29 is 4.39 Å². The Bertz CT molecular complexity index is 1670. The lowest BCUT2D eigenvalue weighted by molar-refractivity contribution is 0.629. The first kappa shape index (κ1) is 20.6. The summed E-state index contributed by atoms with van der Waals surface area (Å²) in [5.74, 6) is -0.486. The molecule has 0 spiro atoms. The molecule has 162 valence electrons. The molecule has 0 radical (unpaired) electrons. The molecule has 33 heavy (non-hydrogen) atoms. The van der Waals surface area contributed by atoms with Gasteiger partial charge in [-0.25, -0.2) is 9.49 Å². The van der Waals surface area contributed by atoms with Gasteiger partial charge in [-0.15, -0.1) is 0 Å². The van der Waals surface area contributed by atoms with E-state index in [1.807, 2.05) is 44.2 Å². The highest BCUT2D eigenvalue weighted by Gasteiger charge is 2.23. The number of nitriles is 1. The number of aromatic nitrogens is 4. The molecule has 0 atom stereocenters. The summed E-state index contributed by atoms with van der Waals surface area (Å²) in [5.41, 5.74) is 3.75. The molecule has 2 heterocycles. The molecule has 5 aromatic rings. The van der Waals surface area contributed by atoms with Gasteiger partial charge in [-0.3, -0.25) is 9.48 Å². The summed E-state index contributed by atoms with van der Waals surface area (Å²) in [6.07, 6.45) is 2.31. The van der Waals surface area contributed by atoms with Crippen LogP contribution >= 0.6 is 0 Å². The van der Waals surface area contributed by atoms with Crippen LogP contribution in [0.4, 0.5) is 4.39 Å². The maximum Gasteiger partial charge on any atom is 0.272 e. The Kier molecular flexibility index (Phi) is 4.79. The van der Waals surface area contributed by atoms with E-state index in [0.29, 0.717) is 33.8 Å². The summed E-state index contributed by atoms with van der Waals surface area (Å²) >= 11 is 0. The van der Waals surface area contributed by atoms with Gasteiger partial charge >= 0.3 is 0 Å². The second-order valence-electron chi connectivity index (χ2n) is 8.04. The van der Waals surface area contributed by atoms with Crippen LogP contribution in [0.2, 0.25) is 0 Å². The topological polar surface area (TPSA) is 87.4 Å². The molecule has 0 bridgehead atoms. The third-order valence-corrected chi connectivity index (χ3v) is 6.10. The third-order valence-electron chi connectivity index (χ3n) is 6.10. The maximum atomic E-state index is 15.5. The normalized spacial score (nSPS) is 11.2. The fraction of sp³-hybridized carbons (Fsp3) is 0.154. The minimum absolute atomic E-state index is 0.212. The number of aromatic amines is 1. The van der Waals surface area contributed by atoms with Crippen LogP contribution in [0, 0.1) is 24.1 Å². The second kappa shape index (κ2) is 7.68. The molecule has 0 saturated heterocycles. The minimum Gasteiger partial charge on any atom is -0.267 e. The van der Waals surface area contributed by atoms with Gasteiger partial charge in [0.05, 0.1) is 34.1 Å². The molecule has 5 rings (SSSR count). The van der Waals surface area contributed by atoms with Crippen molar-refractivity contribution in [1.82, 2.24) is 20.0 Å². The standard InChI is InChI=1S/C26H20FN5O/c1-4-22-18-10-16(9-14(2)23(18)26(33)31-30-22)20-13-29-32(3)25(20)24-19(12-28)17-8-6-5-7-15(17)11-21(24)27/h5-11,13H,4H2,1-3H3,(H,31,33). The Labute approximate surface area is 188 Å². The van der Waals surface area contributed by atoms with Crippen LogP contribution in [-0.2, 0) is 13.5 Å². The minimum atomic E-state index is -0.486. The molecule has 1 N–H and O–H groups in total. The van der Waals surface area contributed by atoms with Crippen LogP contribution in [-0.4, -0.2) is 20.0 Å². The van der Waals surface area contributed by atoms with Crippen LogP contribution in [0.15, 0.2) is 53.5 Å². The number of nitrogens with zero attached hydrogens (tertiary/aromatic N) is 4. The molecular formula is C26H20FN5O. The Morgan fingerprint density at radius 1 is 1.18 bits per heavy atom. The maximum absolute atomic E-state index is 15.5. The van der Waals surface area contributed by atoms with Gasteiger partial charge in [0, 0.05) is 23.4 Å². The Hall–Kier alpha value is -4.31. The highest BCUT2D eigenvalue weighted by Crippen LogP contribution is 2.39. The molecular weight excluding hydrogens is 417 g/mol. The SMILES string of the molecule is CCc1n[nH]c(=O)c2c(C)cc(-c3cnn(C)c3-c3c(F)cc4ccccc4c3C#N)cc12. The Morgan fingerprint density at radius 3 is 2.73 bits per heavy atom. The number of H-pyrrole nitrogens is 1. The predicted molar refractivity (Wildman–Crippen MR) is 126 cm³/mol. The first-order valence-corrected chi connectivity index (χ1v) is 10.6. The van der Waals surface area contributed by atoms with E-state index in [9.17, 15) is 10.1 Å². The van der Waals surface area contributed by atoms with E-state index in [-0.39, 0.29) is 16.7 Å². The lowest BCUT2D eigenvalue weighted by Gasteiger charge is -2.14. The van der Waals surface area contributed by atoms with Gasteiger partial charge in [0.1, 0.15) is 11.9 Å². The van der Waals surface area contributed by atoms with Crippen molar-refractivity contribution in [2.24, 2.45) is 7.05 Å². The summed E-state index contributed by atoms with van der Waals surface area (Å²) in [4.78, 5) is 12.4. The van der Waals surface area contributed by atoms with E-state index in [1.165, 1.54) is 6.07 Å². The summed E-state index contributed by atoms with van der Waals surface area (Å²) in [5, 5.41) is 23.8. The zero-order valence-corrected chi connectivity index (χ0v) is 18.4. The first-order chi connectivity index (χ1) is 15.9. The molecule has 3 aromatic carbocycles. The number of hydrogen-bond donors (Lipinski definition) is 1. The van der Waals surface area contributed by atoms with E-state index in [4.69, 9.17) is 0 Å². The Balaban J connectivity index is 1.85. The number of fused-ring (bicyclic) bond motifs is 2. The summed E-state index contributed by atoms with van der Waals surface area (Å²) in [6.45, 7) is 3.84. The Morgan fingerprint density at radius 2 is 1.97 bits per heavy atom. The van der Waals surface area contributed by atoms with Crippen molar-refractivity contribution in [3.8, 4) is 28.5 Å². The van der Waals surface area contributed by atoms with E-state index in [1.54, 1.807) is 24.0 Å². The zero-order chi connectivity index (χ0) is 23.3. The van der Waals surface area contributed by atoms with Crippen molar-refractivity contribution in [2.75, 3.05) is 0 Å². The second-order valence-corrected chi connectivity index (χ2v) is 8.04. The van der Waals surface area contributed by atoms with E-state index in [2.05, 4.69) is 21.4 Å². The molecule has 0 fully saturated rings. The number of hydrogen-bond acceptors (Lipinski definition) is 4. The summed E-state index contributed by atoms with van der Waals surface area (Å²) < 4.78 is 17.0. The number of aryl methyl sites for hydroxylation is 3. The molecule has 0 unspecified atom stereocenters. The van der Waals surface area contributed by atoms with E-state index >= 15 is 4.39 Å². The molecule has 0 aliphatic carbocycles. The molecule has 0 amide bonds. The molecule has 7 heteroatoms. The van der Waals surface area contributed by atoms with Gasteiger partial charge in [0.15, 0.2) is 0 Å². The van der Waals surface area contributed by atoms with Crippen LogP contribution < -0.4 is 5.56 Å². The van der Waals surface area contributed by atoms with Gasteiger partial charge in [0.2, 0.25) is 0 Å². The van der Waals surface area contributed by atoms with Crippen molar-refractivity contribution in [1.29, 1.82) is 5.26 Å². The predicted octanol–water partition coefficient (Wildman–Crippen LogP) is 5.03. The van der Waals surface area contributed by atoms with Crippen LogP contribution in [0.25, 0.3) is 43.9 Å². The average molecular weight is 437 g/mol. The highest BCUT2D eigenvalue weighted by molar-refractivity contribution is 5.98. The summed E-state index contributed by atoms with van der Waals surface area (Å²) in [6, 6.07) is 14.7. The van der Waals surface area contributed by atoms with Crippen LogP contribution in [0.5, 0.6) is 0 Å². The fourth-order valence-corrected chi connectivity index (χ4v) is 4.58. The van der Waals surface area contributed by atoms with E-state index < -0.39 is 5.82 Å². The zero-order valence-electron chi connectivity index (χ0n) is 18.4. The third kappa shape index (κ3) is 3.11. The number of benzene rings is 3. The first-order valence-electron chi connectivity index (χ1n) is 10.6.